The predicted octanol–water partition coefficient (Wildman–Crippen LogP) is -1.09. The van der Waals surface area contributed by atoms with Crippen molar-refractivity contribution in [3.05, 3.63) is 0 Å². The van der Waals surface area contributed by atoms with Gasteiger partial charge in [-0.2, -0.15) is 0 Å². The third-order valence-corrected chi connectivity index (χ3v) is 2.42. The first-order chi connectivity index (χ1) is 7.47. The highest BCUT2D eigenvalue weighted by atomic mass is 16.5. The Labute approximate surface area is 92.8 Å². The van der Waals surface area contributed by atoms with Crippen LogP contribution in [0.3, 0.4) is 0 Å². The standard InChI is InChI=1S/C9H16N2O5/c1-9(2-3-16-5-9)11-8(15)10-6(4-12)7(13)14/h6,12H,2-5H2,1H3,(H,13,14)(H2,10,11,15)/t6-,9?/m0/s1. The molecule has 1 aliphatic rings. The second kappa shape index (κ2) is 5.13. The van der Waals surface area contributed by atoms with Crippen LogP contribution in [0.1, 0.15) is 13.3 Å². The van der Waals surface area contributed by atoms with Gasteiger partial charge in [0.15, 0.2) is 6.04 Å². The number of amides is 2. The van der Waals surface area contributed by atoms with E-state index < -0.39 is 30.2 Å². The molecule has 0 spiro atoms. The number of aliphatic carboxylic acids is 1. The molecule has 0 aliphatic carbocycles. The zero-order valence-electron chi connectivity index (χ0n) is 9.02. The van der Waals surface area contributed by atoms with E-state index in [1.54, 1.807) is 0 Å². The Balaban J connectivity index is 2.43. The van der Waals surface area contributed by atoms with Crippen LogP contribution < -0.4 is 10.6 Å². The van der Waals surface area contributed by atoms with Crippen molar-refractivity contribution in [2.24, 2.45) is 0 Å². The SMILES string of the molecule is CC1(NC(=O)N[C@@H](CO)C(=O)O)CCOC1. The van der Waals surface area contributed by atoms with Crippen LogP contribution in [0, 0.1) is 0 Å². The third-order valence-electron chi connectivity index (χ3n) is 2.42. The highest BCUT2D eigenvalue weighted by Gasteiger charge is 2.32. The monoisotopic (exact) mass is 232 g/mol. The van der Waals surface area contributed by atoms with Gasteiger partial charge in [0.25, 0.3) is 0 Å². The molecule has 1 fully saturated rings. The Bertz CT molecular complexity index is 275. The third kappa shape index (κ3) is 3.35. The van der Waals surface area contributed by atoms with Crippen LogP contribution in [0.2, 0.25) is 0 Å². The molecule has 0 saturated carbocycles. The molecule has 0 bridgehead atoms. The molecular weight excluding hydrogens is 216 g/mol. The Morgan fingerprint density at radius 2 is 2.25 bits per heavy atom. The van der Waals surface area contributed by atoms with E-state index in [4.69, 9.17) is 14.9 Å². The molecule has 4 N–H and O–H groups in total. The van der Waals surface area contributed by atoms with Crippen LogP contribution in [0.15, 0.2) is 0 Å². The molecule has 1 saturated heterocycles. The van der Waals surface area contributed by atoms with E-state index in [0.29, 0.717) is 19.6 Å². The number of carboxylic acid groups (broad SMARTS) is 1. The van der Waals surface area contributed by atoms with Crippen molar-refractivity contribution in [3.63, 3.8) is 0 Å². The number of nitrogens with one attached hydrogen (secondary N) is 2. The van der Waals surface area contributed by atoms with Crippen molar-refractivity contribution in [1.29, 1.82) is 0 Å². The molecular formula is C9H16N2O5. The summed E-state index contributed by atoms with van der Waals surface area (Å²) in [5, 5.41) is 22.1. The first-order valence-corrected chi connectivity index (χ1v) is 4.97. The average Bonchev–Trinajstić information content (AvgIpc) is 2.60. The van der Waals surface area contributed by atoms with Crippen molar-refractivity contribution in [2.45, 2.75) is 24.9 Å². The molecule has 1 rings (SSSR count). The van der Waals surface area contributed by atoms with E-state index in [0.717, 1.165) is 0 Å². The van der Waals surface area contributed by atoms with Gasteiger partial charge in [-0.3, -0.25) is 0 Å². The zero-order chi connectivity index (χ0) is 12.2. The lowest BCUT2D eigenvalue weighted by molar-refractivity contribution is -0.140. The van der Waals surface area contributed by atoms with Gasteiger partial charge in [-0.05, 0) is 13.3 Å². The maximum Gasteiger partial charge on any atom is 0.328 e. The summed E-state index contributed by atoms with van der Waals surface area (Å²) in [5.41, 5.74) is -0.470. The predicted molar refractivity (Wildman–Crippen MR) is 54.0 cm³/mol. The van der Waals surface area contributed by atoms with Gasteiger partial charge >= 0.3 is 12.0 Å². The minimum absolute atomic E-state index is 0.400. The normalized spacial score (nSPS) is 26.1. The van der Waals surface area contributed by atoms with Crippen molar-refractivity contribution in [3.8, 4) is 0 Å². The second-order valence-electron chi connectivity index (χ2n) is 4.04. The Hall–Kier alpha value is -1.34. The molecule has 0 aromatic heterocycles. The maximum absolute atomic E-state index is 11.4. The number of hydrogen-bond acceptors (Lipinski definition) is 4. The molecule has 1 unspecified atom stereocenters. The van der Waals surface area contributed by atoms with Crippen molar-refractivity contribution >= 4 is 12.0 Å². The molecule has 1 heterocycles. The van der Waals surface area contributed by atoms with Gasteiger partial charge in [-0.15, -0.1) is 0 Å². The number of carbonyl (C=O) groups is 2. The van der Waals surface area contributed by atoms with E-state index >= 15 is 0 Å². The maximum atomic E-state index is 11.4. The van der Waals surface area contributed by atoms with E-state index in [9.17, 15) is 9.59 Å². The van der Waals surface area contributed by atoms with Crippen LogP contribution in [0.5, 0.6) is 0 Å². The lowest BCUT2D eigenvalue weighted by atomic mass is 10.0. The molecule has 7 heteroatoms. The molecule has 92 valence electrons. The molecule has 0 aromatic rings. The van der Waals surface area contributed by atoms with E-state index in [-0.39, 0.29) is 0 Å². The van der Waals surface area contributed by atoms with Crippen LogP contribution in [-0.2, 0) is 9.53 Å². The lowest BCUT2D eigenvalue weighted by Crippen LogP contribution is -2.55. The molecule has 7 nitrogen and oxygen atoms in total. The van der Waals surface area contributed by atoms with Gasteiger partial charge in [0.05, 0.1) is 18.8 Å². The fraction of sp³-hybridized carbons (Fsp3) is 0.778. The zero-order valence-corrected chi connectivity index (χ0v) is 9.02. The topological polar surface area (TPSA) is 108 Å². The minimum atomic E-state index is -1.29. The Kier molecular flexibility index (Phi) is 4.08. The summed E-state index contributed by atoms with van der Waals surface area (Å²) >= 11 is 0. The fourth-order valence-electron chi connectivity index (χ4n) is 1.42. The highest BCUT2D eigenvalue weighted by molar-refractivity contribution is 5.82. The fourth-order valence-corrected chi connectivity index (χ4v) is 1.42. The van der Waals surface area contributed by atoms with Gasteiger partial charge in [-0.25, -0.2) is 9.59 Å². The van der Waals surface area contributed by atoms with Crippen LogP contribution in [0.4, 0.5) is 4.79 Å². The number of carboxylic acids is 1. The quantitative estimate of drug-likeness (QED) is 0.492. The second-order valence-corrected chi connectivity index (χ2v) is 4.04. The molecule has 0 radical (unpaired) electrons. The summed E-state index contributed by atoms with van der Waals surface area (Å²) in [5.74, 6) is -1.27. The van der Waals surface area contributed by atoms with Gasteiger partial charge < -0.3 is 25.6 Å². The number of aliphatic hydroxyl groups is 1. The molecule has 16 heavy (non-hydrogen) atoms. The Morgan fingerprint density at radius 3 is 2.69 bits per heavy atom. The van der Waals surface area contributed by atoms with Crippen LogP contribution >= 0.6 is 0 Å². The summed E-state index contributed by atoms with van der Waals surface area (Å²) in [6.07, 6.45) is 0.678. The number of rotatable bonds is 4. The van der Waals surface area contributed by atoms with Gasteiger partial charge in [0, 0.05) is 6.61 Å². The van der Waals surface area contributed by atoms with Gasteiger partial charge in [-0.1, -0.05) is 0 Å². The van der Waals surface area contributed by atoms with Crippen LogP contribution in [-0.4, -0.2) is 53.6 Å². The number of ether oxygens (including phenoxy) is 1. The van der Waals surface area contributed by atoms with Crippen molar-refractivity contribution < 1.29 is 24.5 Å². The summed E-state index contributed by atoms with van der Waals surface area (Å²) in [6, 6.07) is -1.90. The van der Waals surface area contributed by atoms with Crippen molar-refractivity contribution in [1.82, 2.24) is 10.6 Å². The van der Waals surface area contributed by atoms with E-state index in [1.165, 1.54) is 0 Å². The number of carbonyl (C=O) groups excluding carboxylic acids is 1. The molecule has 1 aliphatic heterocycles. The lowest BCUT2D eigenvalue weighted by Gasteiger charge is -2.24. The number of urea groups is 1. The summed E-state index contributed by atoms with van der Waals surface area (Å²) in [7, 11) is 0. The summed E-state index contributed by atoms with van der Waals surface area (Å²) in [4.78, 5) is 22.0. The van der Waals surface area contributed by atoms with E-state index in [1.807, 2.05) is 6.92 Å². The van der Waals surface area contributed by atoms with Gasteiger partial charge in [0.2, 0.25) is 0 Å². The Morgan fingerprint density at radius 1 is 1.56 bits per heavy atom. The summed E-state index contributed by atoms with van der Waals surface area (Å²) < 4.78 is 5.13. The van der Waals surface area contributed by atoms with Crippen molar-refractivity contribution in [2.75, 3.05) is 19.8 Å². The average molecular weight is 232 g/mol. The van der Waals surface area contributed by atoms with Crippen LogP contribution in [0.25, 0.3) is 0 Å². The largest absolute Gasteiger partial charge is 0.480 e. The number of hydrogen-bond donors (Lipinski definition) is 4. The smallest absolute Gasteiger partial charge is 0.328 e. The highest BCUT2D eigenvalue weighted by Crippen LogP contribution is 2.16. The minimum Gasteiger partial charge on any atom is -0.480 e. The molecule has 0 aromatic carbocycles. The van der Waals surface area contributed by atoms with E-state index in [2.05, 4.69) is 10.6 Å². The first kappa shape index (κ1) is 12.7. The summed E-state index contributed by atoms with van der Waals surface area (Å²) in [6.45, 7) is 2.14. The molecule has 2 atom stereocenters. The van der Waals surface area contributed by atoms with Gasteiger partial charge in [0.1, 0.15) is 0 Å². The number of aliphatic hydroxyl groups excluding tert-OH is 1. The first-order valence-electron chi connectivity index (χ1n) is 4.97. The molecule has 2 amide bonds.